The van der Waals surface area contributed by atoms with Crippen LogP contribution in [0.2, 0.25) is 0 Å². The average molecular weight is 426 g/mol. The van der Waals surface area contributed by atoms with E-state index in [1.807, 2.05) is 0 Å². The van der Waals surface area contributed by atoms with E-state index in [0.717, 1.165) is 44.9 Å². The third-order valence-corrected chi connectivity index (χ3v) is 5.59. The van der Waals surface area contributed by atoms with Crippen LogP contribution in [0.4, 0.5) is 0 Å². The maximum absolute atomic E-state index is 11.8. The number of Topliss-reactive ketones (excluding diaryl/α,β-unsaturated/α-hetero) is 1. The Kier molecular flexibility index (Phi) is 22.2. The van der Waals surface area contributed by atoms with Gasteiger partial charge in [0.25, 0.3) is 0 Å². The molecule has 6 heteroatoms. The number of hydrogen-bond acceptors (Lipinski definition) is 4. The quantitative estimate of drug-likeness (QED) is 0.136. The van der Waals surface area contributed by atoms with E-state index in [9.17, 15) is 9.36 Å². The topological polar surface area (TPSA) is 78.4 Å². The van der Waals surface area contributed by atoms with Crippen molar-refractivity contribution in [2.75, 3.05) is 32.4 Å². The van der Waals surface area contributed by atoms with Gasteiger partial charge in [0.15, 0.2) is 6.16 Å². The molecule has 0 aromatic rings. The number of aliphatic hydroxyl groups excluding tert-OH is 1. The molecule has 166 valence electrons. The van der Waals surface area contributed by atoms with Gasteiger partial charge in [0, 0.05) is 12.8 Å². The zero-order chi connectivity index (χ0) is 21.4. The smallest absolute Gasteiger partial charge is 0.395 e. The van der Waals surface area contributed by atoms with E-state index in [1.165, 1.54) is 12.8 Å². The van der Waals surface area contributed by atoms with Crippen LogP contribution in [0, 0.1) is 0 Å². The van der Waals surface area contributed by atoms with E-state index in [2.05, 4.69) is 53.8 Å². The highest BCUT2D eigenvalue weighted by atomic mass is 31.1. The summed E-state index contributed by atoms with van der Waals surface area (Å²) in [7, 11) is -1.44. The van der Waals surface area contributed by atoms with Crippen LogP contribution in [0.25, 0.3) is 0 Å². The number of hydrogen-bond donors (Lipinski definition) is 3. The number of aliphatic hydroxyl groups is 1. The predicted octanol–water partition coefficient (Wildman–Crippen LogP) is 5.06. The Morgan fingerprint density at radius 1 is 0.897 bits per heavy atom. The lowest BCUT2D eigenvalue weighted by atomic mass is 10.1. The number of ketones is 1. The zero-order valence-electron chi connectivity index (χ0n) is 18.3. The van der Waals surface area contributed by atoms with Gasteiger partial charge in [0.2, 0.25) is 0 Å². The number of unbranched alkanes of at least 4 members (excludes halogenated alkanes) is 4. The standard InChI is InChI=1S/C23H42N2O3P/c1-2-3-4-5-6-7-8-9-10-11-12-13-14-15-17-23(27)22-24-18-16-21-29(28)25-19-20-26/h3-4,6-7,9-10,24,26H,2,5,8,11-22H2,1H3,(H,25,28)/q+1. The maximum Gasteiger partial charge on any atom is 0.432 e. The summed E-state index contributed by atoms with van der Waals surface area (Å²) in [5, 5.41) is 14.5. The highest BCUT2D eigenvalue weighted by molar-refractivity contribution is 7.42. The Bertz CT molecular complexity index is 491. The summed E-state index contributed by atoms with van der Waals surface area (Å²) in [5.41, 5.74) is 0. The fourth-order valence-corrected chi connectivity index (χ4v) is 3.63. The molecular weight excluding hydrogens is 383 g/mol. The number of carbonyl (C=O) groups excluding carboxylic acids is 1. The highest BCUT2D eigenvalue weighted by Crippen LogP contribution is 2.14. The SMILES string of the molecule is CCC=CCC=CCC=CCCCCCCC(=O)CNCCC[P+](=O)NCCO. The molecule has 0 fully saturated rings. The van der Waals surface area contributed by atoms with Crippen LogP contribution in [0.15, 0.2) is 36.5 Å². The molecule has 29 heavy (non-hydrogen) atoms. The molecule has 0 heterocycles. The summed E-state index contributed by atoms with van der Waals surface area (Å²) in [6, 6.07) is 0. The molecule has 0 radical (unpaired) electrons. The van der Waals surface area contributed by atoms with Gasteiger partial charge < -0.3 is 10.4 Å². The number of allylic oxidation sites excluding steroid dienone is 6. The summed E-state index contributed by atoms with van der Waals surface area (Å²) in [5.74, 6) is 0.258. The Balaban J connectivity index is 3.38. The van der Waals surface area contributed by atoms with Crippen LogP contribution in [0.1, 0.15) is 71.1 Å². The van der Waals surface area contributed by atoms with E-state index in [4.69, 9.17) is 5.11 Å². The minimum atomic E-state index is -1.44. The number of nitrogens with one attached hydrogen (secondary N) is 2. The van der Waals surface area contributed by atoms with Gasteiger partial charge in [-0.2, -0.15) is 0 Å². The van der Waals surface area contributed by atoms with Gasteiger partial charge in [0.05, 0.1) is 19.7 Å². The Labute approximate surface area is 179 Å². The molecule has 5 nitrogen and oxygen atoms in total. The third-order valence-electron chi connectivity index (χ3n) is 4.29. The molecule has 0 rings (SSSR count). The summed E-state index contributed by atoms with van der Waals surface area (Å²) in [6.45, 7) is 3.62. The normalized spacial score (nSPS) is 12.6. The summed E-state index contributed by atoms with van der Waals surface area (Å²) >= 11 is 0. The van der Waals surface area contributed by atoms with E-state index >= 15 is 0 Å². The molecule has 0 saturated heterocycles. The van der Waals surface area contributed by atoms with Crippen molar-refractivity contribution in [1.82, 2.24) is 10.4 Å². The fourth-order valence-electron chi connectivity index (χ4n) is 2.68. The summed E-state index contributed by atoms with van der Waals surface area (Å²) < 4.78 is 11.5. The van der Waals surface area contributed by atoms with E-state index < -0.39 is 7.95 Å². The average Bonchev–Trinajstić information content (AvgIpc) is 2.72. The number of carbonyl (C=O) groups is 1. The second-order valence-electron chi connectivity index (χ2n) is 7.05. The predicted molar refractivity (Wildman–Crippen MR) is 125 cm³/mol. The molecule has 0 aromatic heterocycles. The molecule has 1 unspecified atom stereocenters. The second-order valence-corrected chi connectivity index (χ2v) is 8.57. The van der Waals surface area contributed by atoms with Gasteiger partial charge in [-0.05, 0) is 45.1 Å². The molecular formula is C23H42N2O3P+. The van der Waals surface area contributed by atoms with Crippen molar-refractivity contribution in [2.24, 2.45) is 0 Å². The monoisotopic (exact) mass is 425 g/mol. The van der Waals surface area contributed by atoms with Crippen LogP contribution in [0.5, 0.6) is 0 Å². The van der Waals surface area contributed by atoms with Gasteiger partial charge in [-0.25, -0.2) is 0 Å². The molecule has 0 amide bonds. The van der Waals surface area contributed by atoms with Crippen molar-refractivity contribution >= 4 is 13.7 Å². The lowest BCUT2D eigenvalue weighted by molar-refractivity contribution is -0.118. The summed E-state index contributed by atoms with van der Waals surface area (Å²) in [6.07, 6.45) is 24.0. The van der Waals surface area contributed by atoms with Crippen LogP contribution in [-0.4, -0.2) is 43.3 Å². The first kappa shape index (κ1) is 27.9. The number of rotatable bonds is 21. The van der Waals surface area contributed by atoms with Crippen LogP contribution in [-0.2, 0) is 9.36 Å². The fraction of sp³-hybridized carbons (Fsp3) is 0.696. The first-order valence-electron chi connectivity index (χ1n) is 11.2. The molecule has 1 atom stereocenters. The molecule has 0 aromatic carbocycles. The van der Waals surface area contributed by atoms with Gasteiger partial charge in [-0.3, -0.25) is 4.79 Å². The van der Waals surface area contributed by atoms with Crippen molar-refractivity contribution in [2.45, 2.75) is 71.1 Å². The van der Waals surface area contributed by atoms with Crippen molar-refractivity contribution in [3.05, 3.63) is 36.5 Å². The highest BCUT2D eigenvalue weighted by Gasteiger charge is 2.12. The van der Waals surface area contributed by atoms with E-state index in [1.54, 1.807) is 0 Å². The molecule has 0 aliphatic heterocycles. The van der Waals surface area contributed by atoms with Gasteiger partial charge in [-0.15, -0.1) is 5.09 Å². The van der Waals surface area contributed by atoms with Crippen molar-refractivity contribution in [3.8, 4) is 0 Å². The molecule has 0 saturated carbocycles. The molecule has 0 aliphatic rings. The molecule has 0 bridgehead atoms. The van der Waals surface area contributed by atoms with Crippen molar-refractivity contribution in [3.63, 3.8) is 0 Å². The van der Waals surface area contributed by atoms with E-state index in [0.29, 0.717) is 32.2 Å². The van der Waals surface area contributed by atoms with Crippen molar-refractivity contribution < 1.29 is 14.5 Å². The minimum Gasteiger partial charge on any atom is -0.395 e. The first-order valence-corrected chi connectivity index (χ1v) is 12.6. The van der Waals surface area contributed by atoms with Crippen molar-refractivity contribution in [1.29, 1.82) is 0 Å². The van der Waals surface area contributed by atoms with E-state index in [-0.39, 0.29) is 12.4 Å². The van der Waals surface area contributed by atoms with Gasteiger partial charge >= 0.3 is 7.95 Å². The van der Waals surface area contributed by atoms with Crippen LogP contribution >= 0.6 is 7.95 Å². The molecule has 0 aliphatic carbocycles. The van der Waals surface area contributed by atoms with Crippen LogP contribution in [0.3, 0.4) is 0 Å². The Morgan fingerprint density at radius 3 is 2.31 bits per heavy atom. The van der Waals surface area contributed by atoms with Gasteiger partial charge in [-0.1, -0.05) is 60.8 Å². The maximum atomic E-state index is 11.8. The van der Waals surface area contributed by atoms with Gasteiger partial charge in [0.1, 0.15) is 5.78 Å². The second kappa shape index (κ2) is 23.2. The largest absolute Gasteiger partial charge is 0.432 e. The third kappa shape index (κ3) is 23.0. The molecule has 0 spiro atoms. The Morgan fingerprint density at radius 2 is 1.59 bits per heavy atom. The zero-order valence-corrected chi connectivity index (χ0v) is 19.2. The lowest BCUT2D eigenvalue weighted by Gasteiger charge is -2.03. The van der Waals surface area contributed by atoms with Crippen LogP contribution < -0.4 is 10.4 Å². The Hall–Kier alpha value is -1.13. The summed E-state index contributed by atoms with van der Waals surface area (Å²) in [4.78, 5) is 11.8. The lowest BCUT2D eigenvalue weighted by Crippen LogP contribution is -2.24. The minimum absolute atomic E-state index is 0.000447. The molecule has 3 N–H and O–H groups in total. The first-order chi connectivity index (χ1) is 14.2.